The first-order valence-electron chi connectivity index (χ1n) is 6.96. The Balaban J connectivity index is 2.16. The molecule has 1 aromatic heterocycles. The lowest BCUT2D eigenvalue weighted by molar-refractivity contribution is -0.139. The first-order chi connectivity index (χ1) is 10.5. The summed E-state index contributed by atoms with van der Waals surface area (Å²) in [5.74, 6) is -0.806. The molecular weight excluding hydrogens is 282 g/mol. The summed E-state index contributed by atoms with van der Waals surface area (Å²) >= 11 is 0. The van der Waals surface area contributed by atoms with Crippen LogP contribution in [0.25, 0.3) is 0 Å². The van der Waals surface area contributed by atoms with Gasteiger partial charge in [-0.05, 0) is 19.4 Å². The van der Waals surface area contributed by atoms with E-state index < -0.39 is 5.97 Å². The molecule has 0 radical (unpaired) electrons. The molecule has 1 aromatic carbocycles. The lowest BCUT2D eigenvalue weighted by atomic mass is 10.1. The number of hydrogen-bond acceptors (Lipinski definition) is 4. The van der Waals surface area contributed by atoms with Crippen LogP contribution in [0, 0.1) is 13.8 Å². The van der Waals surface area contributed by atoms with Crippen LogP contribution in [-0.4, -0.2) is 35.3 Å². The molecule has 0 saturated carbocycles. The molecule has 0 aliphatic rings. The van der Waals surface area contributed by atoms with Gasteiger partial charge in [0.05, 0.1) is 24.9 Å². The molecule has 2 rings (SSSR count). The Bertz CT molecular complexity index is 677. The molecule has 116 valence electrons. The van der Waals surface area contributed by atoms with E-state index >= 15 is 0 Å². The third-order valence-corrected chi connectivity index (χ3v) is 3.40. The van der Waals surface area contributed by atoms with E-state index in [1.807, 2.05) is 37.3 Å². The molecule has 1 N–H and O–H groups in total. The Morgan fingerprint density at radius 1 is 1.23 bits per heavy atom. The lowest BCUT2D eigenvalue weighted by Gasteiger charge is -2.06. The Labute approximate surface area is 129 Å². The first-order valence-corrected chi connectivity index (χ1v) is 6.96. The van der Waals surface area contributed by atoms with Crippen molar-refractivity contribution in [2.45, 2.75) is 20.4 Å². The van der Waals surface area contributed by atoms with E-state index in [1.54, 1.807) is 11.6 Å². The standard InChI is InChI=1S/C16H19N3O3/c1-11-15(16(21)17-9-14(20)22-3)12(2)19(18-11)10-13-7-5-4-6-8-13/h4-8H,9-10H2,1-3H3,(H,17,21). The van der Waals surface area contributed by atoms with E-state index in [4.69, 9.17) is 0 Å². The van der Waals surface area contributed by atoms with Crippen molar-refractivity contribution >= 4 is 11.9 Å². The quantitative estimate of drug-likeness (QED) is 0.848. The van der Waals surface area contributed by atoms with Crippen molar-refractivity contribution in [1.82, 2.24) is 15.1 Å². The number of nitrogens with one attached hydrogen (secondary N) is 1. The highest BCUT2D eigenvalue weighted by Crippen LogP contribution is 2.14. The molecule has 22 heavy (non-hydrogen) atoms. The molecule has 0 spiro atoms. The van der Waals surface area contributed by atoms with E-state index in [1.165, 1.54) is 7.11 Å². The number of carbonyl (C=O) groups is 2. The van der Waals surface area contributed by atoms with Crippen LogP contribution in [0.2, 0.25) is 0 Å². The number of carbonyl (C=O) groups excluding carboxylic acids is 2. The van der Waals surface area contributed by atoms with Gasteiger partial charge in [-0.3, -0.25) is 14.3 Å². The van der Waals surface area contributed by atoms with E-state index in [0.717, 1.165) is 11.3 Å². The van der Waals surface area contributed by atoms with Crippen LogP contribution in [0.3, 0.4) is 0 Å². The first kappa shape index (κ1) is 15.8. The number of rotatable bonds is 5. The highest BCUT2D eigenvalue weighted by atomic mass is 16.5. The summed E-state index contributed by atoms with van der Waals surface area (Å²) in [6.07, 6.45) is 0. The zero-order chi connectivity index (χ0) is 16.1. The van der Waals surface area contributed by atoms with Crippen molar-refractivity contribution in [1.29, 1.82) is 0 Å². The van der Waals surface area contributed by atoms with Crippen molar-refractivity contribution in [3.63, 3.8) is 0 Å². The molecule has 6 nitrogen and oxygen atoms in total. The maximum Gasteiger partial charge on any atom is 0.325 e. The van der Waals surface area contributed by atoms with Crippen LogP contribution in [0.15, 0.2) is 30.3 Å². The minimum atomic E-state index is -0.486. The highest BCUT2D eigenvalue weighted by Gasteiger charge is 2.19. The summed E-state index contributed by atoms with van der Waals surface area (Å²) in [5.41, 5.74) is 3.01. The summed E-state index contributed by atoms with van der Waals surface area (Å²) in [5, 5.41) is 6.96. The van der Waals surface area contributed by atoms with Crippen molar-refractivity contribution < 1.29 is 14.3 Å². The van der Waals surface area contributed by atoms with E-state index in [9.17, 15) is 9.59 Å². The summed E-state index contributed by atoms with van der Waals surface area (Å²) in [7, 11) is 1.28. The molecule has 6 heteroatoms. The van der Waals surface area contributed by atoms with Gasteiger partial charge < -0.3 is 10.1 Å². The number of aromatic nitrogens is 2. The molecule has 0 bridgehead atoms. The average Bonchev–Trinajstić information content (AvgIpc) is 2.79. The maximum atomic E-state index is 12.2. The summed E-state index contributed by atoms with van der Waals surface area (Å²) in [4.78, 5) is 23.3. The van der Waals surface area contributed by atoms with Gasteiger partial charge in [-0.25, -0.2) is 0 Å². The van der Waals surface area contributed by atoms with E-state index in [2.05, 4.69) is 15.2 Å². The lowest BCUT2D eigenvalue weighted by Crippen LogP contribution is -2.30. The second kappa shape index (κ2) is 6.89. The highest BCUT2D eigenvalue weighted by molar-refractivity contribution is 5.97. The number of esters is 1. The molecular formula is C16H19N3O3. The average molecular weight is 301 g/mol. The molecule has 2 aromatic rings. The van der Waals surface area contributed by atoms with Gasteiger partial charge in [0.25, 0.3) is 5.91 Å². The monoisotopic (exact) mass is 301 g/mol. The van der Waals surface area contributed by atoms with Crippen LogP contribution in [0.4, 0.5) is 0 Å². The molecule has 0 fully saturated rings. The molecule has 1 heterocycles. The molecule has 0 unspecified atom stereocenters. The minimum absolute atomic E-state index is 0.155. The summed E-state index contributed by atoms with van der Waals surface area (Å²) in [6.45, 7) is 4.06. The normalized spacial score (nSPS) is 10.3. The van der Waals surface area contributed by atoms with Gasteiger partial charge in [0.1, 0.15) is 6.54 Å². The molecule has 0 saturated heterocycles. The maximum absolute atomic E-state index is 12.2. The Kier molecular flexibility index (Phi) is 4.93. The van der Waals surface area contributed by atoms with Crippen molar-refractivity contribution in [3.8, 4) is 0 Å². The van der Waals surface area contributed by atoms with Gasteiger partial charge in [0.15, 0.2) is 0 Å². The van der Waals surface area contributed by atoms with Crippen LogP contribution in [0.1, 0.15) is 27.3 Å². The predicted molar refractivity (Wildman–Crippen MR) is 81.6 cm³/mol. The smallest absolute Gasteiger partial charge is 0.325 e. The molecule has 0 aliphatic carbocycles. The second-order valence-corrected chi connectivity index (χ2v) is 4.95. The Morgan fingerprint density at radius 2 is 1.91 bits per heavy atom. The number of ether oxygens (including phenoxy) is 1. The van der Waals surface area contributed by atoms with Gasteiger partial charge in [-0.1, -0.05) is 30.3 Å². The minimum Gasteiger partial charge on any atom is -0.468 e. The topological polar surface area (TPSA) is 73.2 Å². The van der Waals surface area contributed by atoms with Crippen molar-refractivity contribution in [2.24, 2.45) is 0 Å². The zero-order valence-corrected chi connectivity index (χ0v) is 12.9. The van der Waals surface area contributed by atoms with Gasteiger partial charge in [-0.2, -0.15) is 5.10 Å². The van der Waals surface area contributed by atoms with Crippen LogP contribution in [0.5, 0.6) is 0 Å². The second-order valence-electron chi connectivity index (χ2n) is 4.95. The number of amides is 1. The Morgan fingerprint density at radius 3 is 2.55 bits per heavy atom. The van der Waals surface area contributed by atoms with E-state index in [0.29, 0.717) is 17.8 Å². The van der Waals surface area contributed by atoms with Gasteiger partial charge in [0, 0.05) is 5.69 Å². The fourth-order valence-corrected chi connectivity index (χ4v) is 2.25. The van der Waals surface area contributed by atoms with Gasteiger partial charge >= 0.3 is 5.97 Å². The number of nitrogens with zero attached hydrogens (tertiary/aromatic N) is 2. The fraction of sp³-hybridized carbons (Fsp3) is 0.312. The molecule has 0 atom stereocenters. The zero-order valence-electron chi connectivity index (χ0n) is 12.9. The van der Waals surface area contributed by atoms with Gasteiger partial charge in [-0.15, -0.1) is 0 Å². The third kappa shape index (κ3) is 3.52. The summed E-state index contributed by atoms with van der Waals surface area (Å²) in [6, 6.07) is 9.90. The number of methoxy groups -OCH3 is 1. The number of benzene rings is 1. The van der Waals surface area contributed by atoms with Crippen molar-refractivity contribution in [3.05, 3.63) is 52.8 Å². The SMILES string of the molecule is COC(=O)CNC(=O)c1c(C)nn(Cc2ccccc2)c1C. The van der Waals surface area contributed by atoms with Crippen molar-refractivity contribution in [2.75, 3.05) is 13.7 Å². The van der Waals surface area contributed by atoms with Crippen LogP contribution < -0.4 is 5.32 Å². The van der Waals surface area contributed by atoms with Crippen LogP contribution in [-0.2, 0) is 16.1 Å². The van der Waals surface area contributed by atoms with E-state index in [-0.39, 0.29) is 12.5 Å². The Hall–Kier alpha value is -2.63. The molecule has 0 aliphatic heterocycles. The largest absolute Gasteiger partial charge is 0.468 e. The van der Waals surface area contributed by atoms with Gasteiger partial charge in [0.2, 0.25) is 0 Å². The third-order valence-electron chi connectivity index (χ3n) is 3.40. The summed E-state index contributed by atoms with van der Waals surface area (Å²) < 4.78 is 6.30. The van der Waals surface area contributed by atoms with Crippen LogP contribution >= 0.6 is 0 Å². The fourth-order valence-electron chi connectivity index (χ4n) is 2.25. The molecule has 1 amide bonds. The number of aryl methyl sites for hydroxylation is 1. The predicted octanol–water partition coefficient (Wildman–Crippen LogP) is 1.45. The number of hydrogen-bond donors (Lipinski definition) is 1.